The summed E-state index contributed by atoms with van der Waals surface area (Å²) in [5, 5.41) is 10.7. The van der Waals surface area contributed by atoms with Crippen molar-refractivity contribution in [3.63, 3.8) is 0 Å². The number of hydrogen-bond acceptors (Lipinski definition) is 3. The highest BCUT2D eigenvalue weighted by Crippen LogP contribution is 2.37. The second-order valence-electron chi connectivity index (χ2n) is 3.99. The number of nitrogens with zero attached hydrogens (tertiary/aromatic N) is 1. The lowest BCUT2D eigenvalue weighted by Gasteiger charge is -2.11. The van der Waals surface area contributed by atoms with Gasteiger partial charge < -0.3 is 4.74 Å². The molecule has 0 aromatic heterocycles. The summed E-state index contributed by atoms with van der Waals surface area (Å²) in [6.07, 6.45) is 0. The van der Waals surface area contributed by atoms with Crippen LogP contribution in [0.15, 0.2) is 43.7 Å². The Morgan fingerprint density at radius 3 is 2.38 bits per heavy atom. The Morgan fingerprint density at radius 1 is 1.19 bits per heavy atom. The van der Waals surface area contributed by atoms with Gasteiger partial charge in [0.25, 0.3) is 0 Å². The molecule has 0 saturated carbocycles. The standard InChI is InChI=1S/C13H7Br3FNO3/c14-8-4-9(15)13(10(16)5-8)21-6-7-2-1-3-11(12(7)17)18(19)20/h1-5H,6H2. The summed E-state index contributed by atoms with van der Waals surface area (Å²) in [5.74, 6) is -0.393. The minimum absolute atomic E-state index is 0.117. The van der Waals surface area contributed by atoms with Gasteiger partial charge in [-0.25, -0.2) is 0 Å². The molecule has 2 aromatic carbocycles. The van der Waals surface area contributed by atoms with E-state index in [0.29, 0.717) is 14.7 Å². The predicted molar refractivity (Wildman–Crippen MR) is 86.9 cm³/mol. The second-order valence-corrected chi connectivity index (χ2v) is 6.62. The first-order valence-electron chi connectivity index (χ1n) is 5.59. The minimum Gasteiger partial charge on any atom is -0.486 e. The quantitative estimate of drug-likeness (QED) is 0.420. The number of rotatable bonds is 4. The summed E-state index contributed by atoms with van der Waals surface area (Å²) in [5.41, 5.74) is -0.448. The van der Waals surface area contributed by atoms with Gasteiger partial charge in [0.1, 0.15) is 12.4 Å². The molecule has 0 bridgehead atoms. The zero-order chi connectivity index (χ0) is 15.6. The van der Waals surface area contributed by atoms with Gasteiger partial charge in [0.15, 0.2) is 0 Å². The lowest BCUT2D eigenvalue weighted by Crippen LogP contribution is -2.02. The van der Waals surface area contributed by atoms with E-state index in [2.05, 4.69) is 47.8 Å². The first-order chi connectivity index (χ1) is 9.90. The van der Waals surface area contributed by atoms with Crippen LogP contribution in [-0.4, -0.2) is 4.92 Å². The van der Waals surface area contributed by atoms with Crippen LogP contribution in [0.2, 0.25) is 0 Å². The molecule has 0 amide bonds. The van der Waals surface area contributed by atoms with Crippen molar-refractivity contribution in [2.45, 2.75) is 6.61 Å². The Morgan fingerprint density at radius 2 is 1.81 bits per heavy atom. The molecule has 4 nitrogen and oxygen atoms in total. The van der Waals surface area contributed by atoms with E-state index < -0.39 is 16.4 Å². The molecule has 0 spiro atoms. The molecule has 0 unspecified atom stereocenters. The van der Waals surface area contributed by atoms with Crippen molar-refractivity contribution in [2.75, 3.05) is 0 Å². The number of benzene rings is 2. The maximum atomic E-state index is 13.9. The van der Waals surface area contributed by atoms with Gasteiger partial charge in [-0.05, 0) is 44.0 Å². The van der Waals surface area contributed by atoms with Crippen LogP contribution < -0.4 is 4.74 Å². The maximum absolute atomic E-state index is 13.9. The Hall–Kier alpha value is -0.990. The summed E-state index contributed by atoms with van der Waals surface area (Å²) in [6.45, 7) is -0.119. The molecule has 0 aliphatic rings. The van der Waals surface area contributed by atoms with E-state index in [1.807, 2.05) is 0 Å². The number of halogens is 4. The largest absolute Gasteiger partial charge is 0.486 e. The van der Waals surface area contributed by atoms with E-state index in [4.69, 9.17) is 4.74 Å². The van der Waals surface area contributed by atoms with Gasteiger partial charge in [0.2, 0.25) is 5.82 Å². The van der Waals surface area contributed by atoms with Crippen molar-refractivity contribution in [3.8, 4) is 5.75 Å². The molecular weight excluding hydrogens is 477 g/mol. The first kappa shape index (κ1) is 16.4. The third-order valence-electron chi connectivity index (χ3n) is 2.59. The van der Waals surface area contributed by atoms with E-state index in [0.717, 1.165) is 10.5 Å². The average molecular weight is 484 g/mol. The first-order valence-corrected chi connectivity index (χ1v) is 7.97. The van der Waals surface area contributed by atoms with Crippen molar-refractivity contribution in [1.82, 2.24) is 0 Å². The second kappa shape index (κ2) is 6.85. The van der Waals surface area contributed by atoms with Crippen LogP contribution in [0.5, 0.6) is 5.75 Å². The summed E-state index contributed by atoms with van der Waals surface area (Å²) in [7, 11) is 0. The Balaban J connectivity index is 2.25. The molecular formula is C13H7Br3FNO3. The average Bonchev–Trinajstić information content (AvgIpc) is 2.38. The molecule has 0 fully saturated rings. The van der Waals surface area contributed by atoms with Gasteiger partial charge in [-0.2, -0.15) is 4.39 Å². The SMILES string of the molecule is O=[N+]([O-])c1cccc(COc2c(Br)cc(Br)cc2Br)c1F. The highest BCUT2D eigenvalue weighted by atomic mass is 79.9. The van der Waals surface area contributed by atoms with Crippen LogP contribution >= 0.6 is 47.8 Å². The van der Waals surface area contributed by atoms with Crippen LogP contribution in [-0.2, 0) is 6.61 Å². The van der Waals surface area contributed by atoms with Crippen molar-refractivity contribution in [2.24, 2.45) is 0 Å². The molecule has 0 aliphatic carbocycles. The molecule has 2 rings (SSSR count). The number of nitro groups is 1. The highest BCUT2D eigenvalue weighted by molar-refractivity contribution is 9.11. The number of nitro benzene ring substituents is 1. The molecule has 110 valence electrons. The number of hydrogen-bond donors (Lipinski definition) is 0. The lowest BCUT2D eigenvalue weighted by atomic mass is 10.2. The van der Waals surface area contributed by atoms with Gasteiger partial charge in [0, 0.05) is 16.1 Å². The third-order valence-corrected chi connectivity index (χ3v) is 4.23. The van der Waals surface area contributed by atoms with Gasteiger partial charge in [-0.3, -0.25) is 10.1 Å². The van der Waals surface area contributed by atoms with E-state index in [1.165, 1.54) is 12.1 Å². The van der Waals surface area contributed by atoms with Crippen LogP contribution in [0.1, 0.15) is 5.56 Å². The highest BCUT2D eigenvalue weighted by Gasteiger charge is 2.18. The minimum atomic E-state index is -0.883. The van der Waals surface area contributed by atoms with Crippen molar-refractivity contribution in [1.29, 1.82) is 0 Å². The molecule has 0 saturated heterocycles. The van der Waals surface area contributed by atoms with Crippen molar-refractivity contribution < 1.29 is 14.1 Å². The van der Waals surface area contributed by atoms with E-state index in [9.17, 15) is 14.5 Å². The Bertz CT molecular complexity index is 686. The van der Waals surface area contributed by atoms with Crippen molar-refractivity contribution in [3.05, 3.63) is 65.2 Å². The maximum Gasteiger partial charge on any atom is 0.305 e. The topological polar surface area (TPSA) is 52.4 Å². The zero-order valence-electron chi connectivity index (χ0n) is 10.3. The molecule has 0 radical (unpaired) electrons. The van der Waals surface area contributed by atoms with E-state index >= 15 is 0 Å². The molecule has 0 atom stereocenters. The molecule has 2 aromatic rings. The summed E-state index contributed by atoms with van der Waals surface area (Å²) >= 11 is 10.0. The third kappa shape index (κ3) is 3.81. The zero-order valence-corrected chi connectivity index (χ0v) is 15.0. The normalized spacial score (nSPS) is 10.5. The fourth-order valence-electron chi connectivity index (χ4n) is 1.64. The fraction of sp³-hybridized carbons (Fsp3) is 0.0769. The molecule has 0 heterocycles. The van der Waals surface area contributed by atoms with Crippen molar-refractivity contribution >= 4 is 53.5 Å². The van der Waals surface area contributed by atoms with Gasteiger partial charge in [-0.15, -0.1) is 0 Å². The van der Waals surface area contributed by atoms with Crippen LogP contribution in [0.25, 0.3) is 0 Å². The van der Waals surface area contributed by atoms with Crippen LogP contribution in [0.3, 0.4) is 0 Å². The molecule has 0 aliphatic heterocycles. The van der Waals surface area contributed by atoms with Gasteiger partial charge in [-0.1, -0.05) is 28.1 Å². The van der Waals surface area contributed by atoms with E-state index in [1.54, 1.807) is 12.1 Å². The van der Waals surface area contributed by atoms with Crippen LogP contribution in [0, 0.1) is 15.9 Å². The smallest absolute Gasteiger partial charge is 0.305 e. The Kier molecular flexibility index (Phi) is 5.34. The number of ether oxygens (including phenoxy) is 1. The summed E-state index contributed by atoms with van der Waals surface area (Å²) in [4.78, 5) is 9.94. The van der Waals surface area contributed by atoms with Crippen LogP contribution in [0.4, 0.5) is 10.1 Å². The summed E-state index contributed by atoms with van der Waals surface area (Å²) < 4.78 is 21.7. The van der Waals surface area contributed by atoms with E-state index in [-0.39, 0.29) is 12.2 Å². The lowest BCUT2D eigenvalue weighted by molar-refractivity contribution is -0.387. The monoisotopic (exact) mass is 481 g/mol. The predicted octanol–water partition coefficient (Wildman–Crippen LogP) is 5.60. The Labute approximate surface area is 144 Å². The molecule has 0 N–H and O–H groups in total. The fourth-order valence-corrected chi connectivity index (χ4v) is 4.12. The molecule has 21 heavy (non-hydrogen) atoms. The van der Waals surface area contributed by atoms with Gasteiger partial charge >= 0.3 is 5.69 Å². The summed E-state index contributed by atoms with van der Waals surface area (Å²) in [6, 6.07) is 7.55. The molecule has 8 heteroatoms. The van der Waals surface area contributed by atoms with Gasteiger partial charge in [0.05, 0.1) is 13.9 Å².